The largest absolute Gasteiger partial charge is 0.460 e. The summed E-state index contributed by atoms with van der Waals surface area (Å²) in [6, 6.07) is -1.17. The van der Waals surface area contributed by atoms with E-state index >= 15 is 0 Å². The van der Waals surface area contributed by atoms with Gasteiger partial charge in [0.05, 0.1) is 31.0 Å². The van der Waals surface area contributed by atoms with Crippen LogP contribution in [0.3, 0.4) is 0 Å². The number of methoxy groups -OCH3 is 3. The Balaban J connectivity index is 1.70. The van der Waals surface area contributed by atoms with Crippen LogP contribution >= 0.6 is 7.60 Å². The van der Waals surface area contributed by atoms with Crippen molar-refractivity contribution in [1.29, 1.82) is 0 Å². The molecule has 0 aromatic heterocycles. The predicted octanol–water partition coefficient (Wildman–Crippen LogP) is 8.06. The van der Waals surface area contributed by atoms with E-state index in [1.54, 1.807) is 48.0 Å². The Hall–Kier alpha value is -3.18. The summed E-state index contributed by atoms with van der Waals surface area (Å²) in [5.41, 5.74) is 1.24. The molecule has 16 nitrogen and oxygen atoms in total. The van der Waals surface area contributed by atoms with Gasteiger partial charge in [-0.05, 0) is 114 Å². The normalized spacial score (nSPS) is 38.9. The standard InChI is InChI=1S/C54H86NO15P/c1-13-67-71(12,63)70-44-25-23-40(30-47(44)65-10)29-36(5)46-32-43(56)35(4)28-38(7)49(58)50(66-11)48(57)37(6)27-33(2)19-15-14-16-20-34(3)45(64-9)31-41-24-22-39(8)54(62,69-41)51(59)52(60)55-26-18-17-21-42(55)53(61)68-46/h14-16,19-20,28,33,35-37,39-42,44-47,49-50,58,62H,13,17-18,21-27,29-32H2,1-12H3/b16-14+,19-15+,34-20+,38-28+/t33-,35-,36-,37-,39-,40+,41+,42?,44-,45+,46+,47-,49-,50+,54-,71?/m1/s1. The van der Waals surface area contributed by atoms with E-state index in [0.717, 1.165) is 5.57 Å². The second kappa shape index (κ2) is 27.9. The lowest BCUT2D eigenvalue weighted by Crippen LogP contribution is -2.61. The molecule has 1 amide bonds. The van der Waals surface area contributed by atoms with Crippen molar-refractivity contribution in [2.24, 2.45) is 35.5 Å². The quantitative estimate of drug-likeness (QED) is 0.0917. The van der Waals surface area contributed by atoms with Crippen molar-refractivity contribution in [3.8, 4) is 0 Å². The summed E-state index contributed by atoms with van der Waals surface area (Å²) in [7, 11) is 1.20. The number of cyclic esters (lactones) is 1. The van der Waals surface area contributed by atoms with Gasteiger partial charge in [-0.2, -0.15) is 0 Å². The van der Waals surface area contributed by atoms with E-state index < -0.39 is 97.6 Å². The number of nitrogens with zero attached hydrogens (tertiary/aromatic N) is 1. The second-order valence-electron chi connectivity index (χ2n) is 20.9. The van der Waals surface area contributed by atoms with Crippen LogP contribution < -0.4 is 0 Å². The first kappa shape index (κ1) is 60.4. The van der Waals surface area contributed by atoms with Crippen LogP contribution in [0.25, 0.3) is 0 Å². The van der Waals surface area contributed by atoms with Crippen molar-refractivity contribution in [1.82, 2.24) is 4.90 Å². The number of rotatable bonds is 10. The summed E-state index contributed by atoms with van der Waals surface area (Å²) in [5.74, 6) is -8.26. The average Bonchev–Trinajstić information content (AvgIpc) is 3.33. The maximum atomic E-state index is 14.5. The fraction of sp³-hybridized carbons (Fsp3) is 0.759. The number of Topliss-reactive ketones (excluding diaryl/α,β-unsaturated/α-hetero) is 3. The Kier molecular flexibility index (Phi) is 23.7. The lowest BCUT2D eigenvalue weighted by atomic mass is 9.78. The fourth-order valence-electron chi connectivity index (χ4n) is 10.7. The Morgan fingerprint density at radius 3 is 2.25 bits per heavy atom. The number of ether oxygens (including phenoxy) is 5. The molecule has 0 aromatic rings. The fourth-order valence-corrected chi connectivity index (χ4v) is 12.0. The third-order valence-corrected chi connectivity index (χ3v) is 16.5. The number of fused-ring (bicyclic) bond motifs is 3. The van der Waals surface area contributed by atoms with Crippen molar-refractivity contribution in [2.75, 3.05) is 41.1 Å². The summed E-state index contributed by atoms with van der Waals surface area (Å²) in [4.78, 5) is 72.4. The molecule has 3 heterocycles. The zero-order chi connectivity index (χ0) is 52.8. The van der Waals surface area contributed by atoms with Gasteiger partial charge in [0.2, 0.25) is 5.79 Å². The van der Waals surface area contributed by atoms with Crippen molar-refractivity contribution < 1.29 is 71.5 Å². The van der Waals surface area contributed by atoms with E-state index in [-0.39, 0.29) is 55.3 Å². The van der Waals surface area contributed by atoms with E-state index in [2.05, 4.69) is 0 Å². The van der Waals surface area contributed by atoms with Gasteiger partial charge < -0.3 is 47.8 Å². The van der Waals surface area contributed by atoms with Gasteiger partial charge in [0.25, 0.3) is 11.7 Å². The minimum atomic E-state index is -3.32. The molecule has 3 aliphatic heterocycles. The third kappa shape index (κ3) is 16.7. The molecule has 16 atom stereocenters. The van der Waals surface area contributed by atoms with Crippen LogP contribution in [0.4, 0.5) is 0 Å². The minimum Gasteiger partial charge on any atom is -0.460 e. The number of allylic oxidation sites excluding steroid dienone is 6. The van der Waals surface area contributed by atoms with Crippen LogP contribution in [0.5, 0.6) is 0 Å². The summed E-state index contributed by atoms with van der Waals surface area (Å²) < 4.78 is 54.0. The highest BCUT2D eigenvalue weighted by Gasteiger charge is 2.53. The first-order chi connectivity index (χ1) is 33.5. The van der Waals surface area contributed by atoms with Crippen molar-refractivity contribution >= 4 is 36.8 Å². The van der Waals surface area contributed by atoms with E-state index in [0.29, 0.717) is 69.8 Å². The molecule has 0 spiro atoms. The molecule has 17 heteroatoms. The van der Waals surface area contributed by atoms with Crippen LogP contribution in [0.2, 0.25) is 0 Å². The van der Waals surface area contributed by atoms with Crippen molar-refractivity contribution in [3.05, 3.63) is 47.6 Å². The molecule has 4 aliphatic rings. The van der Waals surface area contributed by atoms with Gasteiger partial charge in [0.1, 0.15) is 30.1 Å². The molecular weight excluding hydrogens is 934 g/mol. The molecule has 0 aromatic carbocycles. The average molecular weight is 1020 g/mol. The third-order valence-electron chi connectivity index (χ3n) is 15.1. The van der Waals surface area contributed by atoms with Gasteiger partial charge in [-0.1, -0.05) is 71.1 Å². The molecule has 2 saturated heterocycles. The summed E-state index contributed by atoms with van der Waals surface area (Å²) in [6.07, 6.45) is 10.8. The zero-order valence-corrected chi connectivity index (χ0v) is 45.4. The molecule has 1 saturated carbocycles. The van der Waals surface area contributed by atoms with Crippen molar-refractivity contribution in [2.45, 2.75) is 187 Å². The smallest absolute Gasteiger partial charge is 0.329 e. The van der Waals surface area contributed by atoms with E-state index in [4.69, 9.17) is 32.7 Å². The van der Waals surface area contributed by atoms with Gasteiger partial charge in [0.15, 0.2) is 5.78 Å². The van der Waals surface area contributed by atoms with Crippen LogP contribution in [-0.2, 0) is 61.3 Å². The lowest BCUT2D eigenvalue weighted by molar-refractivity contribution is -0.265. The molecule has 3 fully saturated rings. The first-order valence-electron chi connectivity index (χ1n) is 25.9. The van der Waals surface area contributed by atoms with Gasteiger partial charge in [-0.15, -0.1) is 0 Å². The molecule has 1 aliphatic carbocycles. The zero-order valence-electron chi connectivity index (χ0n) is 44.5. The molecule has 2 N–H and O–H groups in total. The molecule has 2 unspecified atom stereocenters. The molecular formula is C54H86NO15P. The van der Waals surface area contributed by atoms with E-state index in [1.165, 1.54) is 18.7 Å². The van der Waals surface area contributed by atoms with E-state index in [9.17, 15) is 38.8 Å². The topological polar surface area (TPSA) is 211 Å². The van der Waals surface area contributed by atoms with Crippen molar-refractivity contribution in [3.63, 3.8) is 0 Å². The highest BCUT2D eigenvalue weighted by atomic mass is 31.2. The predicted molar refractivity (Wildman–Crippen MR) is 269 cm³/mol. The lowest BCUT2D eigenvalue weighted by Gasteiger charge is -2.42. The maximum Gasteiger partial charge on any atom is 0.329 e. The Labute approximate surface area is 423 Å². The van der Waals surface area contributed by atoms with Crippen LogP contribution in [0.1, 0.15) is 132 Å². The monoisotopic (exact) mass is 1020 g/mol. The summed E-state index contributed by atoms with van der Waals surface area (Å²) in [5, 5.41) is 23.5. The first-order valence-corrected chi connectivity index (χ1v) is 27.9. The van der Waals surface area contributed by atoms with Gasteiger partial charge in [-0.3, -0.25) is 23.7 Å². The number of ketones is 3. The Morgan fingerprint density at radius 1 is 0.873 bits per heavy atom. The Morgan fingerprint density at radius 2 is 1.59 bits per heavy atom. The number of piperidine rings is 1. The molecule has 71 heavy (non-hydrogen) atoms. The number of esters is 1. The maximum absolute atomic E-state index is 14.5. The number of carbonyl (C=O) groups is 5. The second-order valence-corrected chi connectivity index (χ2v) is 22.9. The Bertz CT molecular complexity index is 1980. The van der Waals surface area contributed by atoms with E-state index in [1.807, 2.05) is 58.1 Å². The molecule has 0 radical (unpaired) electrons. The number of hydrogen-bond acceptors (Lipinski definition) is 15. The molecule has 2 bridgehead atoms. The highest BCUT2D eigenvalue weighted by molar-refractivity contribution is 7.53. The molecule has 4 rings (SSSR count). The number of aliphatic hydroxyl groups is 2. The van der Waals surface area contributed by atoms with Crippen LogP contribution in [0, 0.1) is 35.5 Å². The number of carbonyl (C=O) groups excluding carboxylic acids is 5. The summed E-state index contributed by atoms with van der Waals surface area (Å²) in [6.45, 7) is 16.1. The van der Waals surface area contributed by atoms with Crippen LogP contribution in [0.15, 0.2) is 47.6 Å². The summed E-state index contributed by atoms with van der Waals surface area (Å²) >= 11 is 0. The van der Waals surface area contributed by atoms with Crippen LogP contribution in [-0.4, -0.2) is 140 Å². The number of hydrogen-bond donors (Lipinski definition) is 2. The van der Waals surface area contributed by atoms with Gasteiger partial charge in [0, 0.05) is 65.1 Å². The number of amides is 1. The highest BCUT2D eigenvalue weighted by Crippen LogP contribution is 2.48. The van der Waals surface area contributed by atoms with Gasteiger partial charge in [-0.25, -0.2) is 4.79 Å². The van der Waals surface area contributed by atoms with Gasteiger partial charge >= 0.3 is 13.6 Å². The number of aliphatic hydroxyl groups excluding tert-OH is 1. The molecule has 402 valence electrons. The SMILES string of the molecule is CCOP(C)(=O)O[C@@H]1CC[C@@H](C[C@@H](C)[C@@H]2CC(=O)[C@H](C)/C=C(\C)[C@@H](O)[C@@H](OC)C(=O)[C@H](C)C[C@H](C)/C=C/C=C/C=C(\C)[C@@H](OC)C[C@@H]3CC[C@@H](C)[C@@](O)(O3)C(=O)C(=O)N3CCCCC3C(=O)O2)C[C@H]1OC. The minimum absolute atomic E-state index is 0.00668.